The highest BCUT2D eigenvalue weighted by Crippen LogP contribution is 2.31. The molecule has 0 amide bonds. The lowest BCUT2D eigenvalue weighted by molar-refractivity contribution is 0.445. The van der Waals surface area contributed by atoms with Gasteiger partial charge in [-0.2, -0.15) is 4.99 Å². The molecule has 1 unspecified atom stereocenters. The number of aliphatic imine (C=N–C) groups is 2. The molecule has 0 fully saturated rings. The van der Waals surface area contributed by atoms with E-state index in [2.05, 4.69) is 22.1 Å². The third-order valence-electron chi connectivity index (χ3n) is 4.04. The van der Waals surface area contributed by atoms with Crippen LogP contribution in [0.1, 0.15) is 18.9 Å². The Kier molecular flexibility index (Phi) is 4.02. The van der Waals surface area contributed by atoms with Gasteiger partial charge in [0.15, 0.2) is 0 Å². The van der Waals surface area contributed by atoms with Gasteiger partial charge in [-0.25, -0.2) is 4.99 Å². The first kappa shape index (κ1) is 15.1. The molecule has 0 saturated carbocycles. The maximum atomic E-state index is 6.16. The van der Waals surface area contributed by atoms with Gasteiger partial charge < -0.3 is 11.5 Å². The van der Waals surface area contributed by atoms with Gasteiger partial charge in [0.05, 0.1) is 0 Å². The molecule has 0 aliphatic carbocycles. The molecule has 0 radical (unpaired) electrons. The lowest BCUT2D eigenvalue weighted by atomic mass is 9.99. The van der Waals surface area contributed by atoms with Crippen molar-refractivity contribution in [2.45, 2.75) is 25.4 Å². The second-order valence-electron chi connectivity index (χ2n) is 5.81. The predicted molar refractivity (Wildman–Crippen MR) is 95.3 cm³/mol. The van der Waals surface area contributed by atoms with Gasteiger partial charge in [0, 0.05) is 5.69 Å². The van der Waals surface area contributed by atoms with Crippen molar-refractivity contribution < 1.29 is 0 Å². The molecule has 2 aromatic rings. The van der Waals surface area contributed by atoms with Gasteiger partial charge in [-0.3, -0.25) is 4.90 Å². The van der Waals surface area contributed by atoms with E-state index in [0.717, 1.165) is 18.5 Å². The van der Waals surface area contributed by atoms with E-state index in [9.17, 15) is 0 Å². The molecule has 2 aromatic carbocycles. The van der Waals surface area contributed by atoms with E-state index >= 15 is 0 Å². The Balaban J connectivity index is 1.91. The average molecular weight is 307 g/mol. The number of nitrogens with zero attached hydrogens (tertiary/aromatic N) is 3. The van der Waals surface area contributed by atoms with Crippen LogP contribution in [-0.2, 0) is 6.42 Å². The van der Waals surface area contributed by atoms with Crippen LogP contribution in [-0.4, -0.2) is 17.6 Å². The molecule has 1 heterocycles. The van der Waals surface area contributed by atoms with Gasteiger partial charge in [0.1, 0.15) is 5.66 Å². The van der Waals surface area contributed by atoms with E-state index in [1.165, 1.54) is 5.56 Å². The number of para-hydroxylation sites is 1. The number of hydrogen-bond acceptors (Lipinski definition) is 5. The minimum absolute atomic E-state index is 0.227. The highest BCUT2D eigenvalue weighted by Gasteiger charge is 2.37. The largest absolute Gasteiger partial charge is 0.369 e. The number of benzene rings is 2. The molecule has 3 rings (SSSR count). The summed E-state index contributed by atoms with van der Waals surface area (Å²) >= 11 is 0. The standard InChI is InChI=1S/C18H21N5/c1-18(13-12-14-8-4-2-5-9-14)22-16(19)21-17(20)23(18)15-10-6-3-7-11-15/h2-11H,12-13H2,1H3,(H4,19,20,21,22). The highest BCUT2D eigenvalue weighted by atomic mass is 15.4. The van der Waals surface area contributed by atoms with E-state index in [4.69, 9.17) is 11.5 Å². The molecule has 4 N–H and O–H groups in total. The molecule has 1 aliphatic heterocycles. The minimum atomic E-state index is -0.562. The number of nitrogens with two attached hydrogens (primary N) is 2. The van der Waals surface area contributed by atoms with E-state index in [1.54, 1.807) is 0 Å². The van der Waals surface area contributed by atoms with Gasteiger partial charge in [0.25, 0.3) is 0 Å². The normalized spacial score (nSPS) is 20.8. The molecule has 1 aliphatic rings. The molecule has 23 heavy (non-hydrogen) atoms. The topological polar surface area (TPSA) is 80.0 Å². The first-order chi connectivity index (χ1) is 11.1. The Bertz CT molecular complexity index is 724. The smallest absolute Gasteiger partial charge is 0.220 e. The minimum Gasteiger partial charge on any atom is -0.369 e. The molecule has 5 heteroatoms. The van der Waals surface area contributed by atoms with E-state index in [-0.39, 0.29) is 5.96 Å². The van der Waals surface area contributed by atoms with Crippen LogP contribution in [0.15, 0.2) is 70.6 Å². The zero-order chi connectivity index (χ0) is 16.3. The molecule has 5 nitrogen and oxygen atoms in total. The lowest BCUT2D eigenvalue weighted by Crippen LogP contribution is -2.56. The summed E-state index contributed by atoms with van der Waals surface area (Å²) in [6.07, 6.45) is 1.66. The Morgan fingerprint density at radius 1 is 0.957 bits per heavy atom. The molecule has 0 saturated heterocycles. The zero-order valence-electron chi connectivity index (χ0n) is 13.2. The molecular formula is C18H21N5. The summed E-state index contributed by atoms with van der Waals surface area (Å²) < 4.78 is 0. The summed E-state index contributed by atoms with van der Waals surface area (Å²) in [7, 11) is 0. The molecule has 118 valence electrons. The molecule has 1 atom stereocenters. The summed E-state index contributed by atoms with van der Waals surface area (Å²) in [6, 6.07) is 20.3. The lowest BCUT2D eigenvalue weighted by Gasteiger charge is -2.41. The van der Waals surface area contributed by atoms with E-state index in [0.29, 0.717) is 5.96 Å². The van der Waals surface area contributed by atoms with E-state index < -0.39 is 5.66 Å². The number of guanidine groups is 2. The summed E-state index contributed by atoms with van der Waals surface area (Å²) in [5, 5.41) is 0. The number of anilines is 1. The van der Waals surface area contributed by atoms with Gasteiger partial charge in [-0.15, -0.1) is 0 Å². The van der Waals surface area contributed by atoms with Gasteiger partial charge >= 0.3 is 0 Å². The third-order valence-corrected chi connectivity index (χ3v) is 4.04. The number of hydrogen-bond donors (Lipinski definition) is 2. The van der Waals surface area contributed by atoms with Crippen molar-refractivity contribution >= 4 is 17.6 Å². The average Bonchev–Trinajstić information content (AvgIpc) is 2.54. The molecule has 0 spiro atoms. The van der Waals surface area contributed by atoms with Gasteiger partial charge in [-0.05, 0) is 37.5 Å². The highest BCUT2D eigenvalue weighted by molar-refractivity contribution is 6.05. The molecular weight excluding hydrogens is 286 g/mol. The monoisotopic (exact) mass is 307 g/mol. The van der Waals surface area contributed by atoms with Crippen molar-refractivity contribution in [2.24, 2.45) is 21.5 Å². The first-order valence-electron chi connectivity index (χ1n) is 7.67. The second-order valence-corrected chi connectivity index (χ2v) is 5.81. The Morgan fingerprint density at radius 2 is 1.57 bits per heavy atom. The van der Waals surface area contributed by atoms with Crippen LogP contribution >= 0.6 is 0 Å². The summed E-state index contributed by atoms with van der Waals surface area (Å²) in [5.41, 5.74) is 13.7. The van der Waals surface area contributed by atoms with Crippen LogP contribution in [0.25, 0.3) is 0 Å². The summed E-state index contributed by atoms with van der Waals surface area (Å²) in [6.45, 7) is 2.04. The van der Waals surface area contributed by atoms with Crippen LogP contribution in [0, 0.1) is 0 Å². The number of aryl methyl sites for hydroxylation is 1. The molecule has 0 bridgehead atoms. The molecule has 0 aromatic heterocycles. The Morgan fingerprint density at radius 3 is 2.22 bits per heavy atom. The Labute approximate surface area is 136 Å². The van der Waals surface area contributed by atoms with Crippen molar-refractivity contribution in [3.05, 3.63) is 66.2 Å². The SMILES string of the molecule is CC1(CCc2ccccc2)N=C(N)N=C(N)N1c1ccccc1. The second kappa shape index (κ2) is 6.12. The van der Waals surface area contributed by atoms with E-state index in [1.807, 2.05) is 60.4 Å². The van der Waals surface area contributed by atoms with Crippen LogP contribution < -0.4 is 16.4 Å². The van der Waals surface area contributed by atoms with Gasteiger partial charge in [0.2, 0.25) is 11.9 Å². The number of rotatable bonds is 4. The van der Waals surface area contributed by atoms with Crippen LogP contribution in [0.4, 0.5) is 5.69 Å². The maximum Gasteiger partial charge on any atom is 0.220 e. The van der Waals surface area contributed by atoms with Crippen molar-refractivity contribution in [1.82, 2.24) is 0 Å². The fourth-order valence-electron chi connectivity index (χ4n) is 2.92. The third kappa shape index (κ3) is 3.18. The van der Waals surface area contributed by atoms with Crippen LogP contribution in [0.5, 0.6) is 0 Å². The summed E-state index contributed by atoms with van der Waals surface area (Å²) in [4.78, 5) is 10.7. The quantitative estimate of drug-likeness (QED) is 0.910. The summed E-state index contributed by atoms with van der Waals surface area (Å²) in [5.74, 6) is 0.601. The zero-order valence-corrected chi connectivity index (χ0v) is 13.2. The van der Waals surface area contributed by atoms with Crippen LogP contribution in [0.2, 0.25) is 0 Å². The predicted octanol–water partition coefficient (Wildman–Crippen LogP) is 2.49. The van der Waals surface area contributed by atoms with Crippen molar-refractivity contribution in [3.63, 3.8) is 0 Å². The van der Waals surface area contributed by atoms with Crippen molar-refractivity contribution in [3.8, 4) is 0 Å². The Hall–Kier alpha value is -2.82. The first-order valence-corrected chi connectivity index (χ1v) is 7.67. The fourth-order valence-corrected chi connectivity index (χ4v) is 2.92. The van der Waals surface area contributed by atoms with Gasteiger partial charge in [-0.1, -0.05) is 48.5 Å². The van der Waals surface area contributed by atoms with Crippen molar-refractivity contribution in [2.75, 3.05) is 4.90 Å². The fraction of sp³-hybridized carbons (Fsp3) is 0.222. The maximum absolute atomic E-state index is 6.16. The van der Waals surface area contributed by atoms with Crippen molar-refractivity contribution in [1.29, 1.82) is 0 Å². The van der Waals surface area contributed by atoms with Crippen LogP contribution in [0.3, 0.4) is 0 Å².